The van der Waals surface area contributed by atoms with Gasteiger partial charge in [-0.2, -0.15) is 0 Å². The van der Waals surface area contributed by atoms with Crippen LogP contribution in [0.4, 0.5) is 15.8 Å². The van der Waals surface area contributed by atoms with Crippen LogP contribution in [0.15, 0.2) is 24.3 Å². The van der Waals surface area contributed by atoms with Crippen molar-refractivity contribution in [2.45, 2.75) is 13.8 Å². The molecule has 2 rings (SSSR count). The van der Waals surface area contributed by atoms with Gasteiger partial charge >= 0.3 is 11.9 Å². The molecule has 0 aromatic heterocycles. The molecule has 0 aliphatic rings. The summed E-state index contributed by atoms with van der Waals surface area (Å²) in [4.78, 5) is 42.2. The second-order valence-electron chi connectivity index (χ2n) is 5.67. The number of benzene rings is 2. The Hall–Kier alpha value is -4.09. The summed E-state index contributed by atoms with van der Waals surface area (Å²) in [5.41, 5.74) is -1.35. The maximum Gasteiger partial charge on any atom is 0.345 e. The molecule has 160 valence electrons. The normalized spacial score (nSPS) is 9.77. The average Bonchev–Trinajstić information content (AvgIpc) is 2.70. The fourth-order valence-electron chi connectivity index (χ4n) is 2.38. The predicted molar refractivity (Wildman–Crippen MR) is 100.0 cm³/mol. The van der Waals surface area contributed by atoms with E-state index in [4.69, 9.17) is 0 Å². The Morgan fingerprint density at radius 3 is 1.67 bits per heavy atom. The van der Waals surface area contributed by atoms with Gasteiger partial charge in [0.1, 0.15) is 22.7 Å². The molecular weight excluding hydrogens is 407 g/mol. The minimum absolute atomic E-state index is 0.0870. The molecule has 0 bridgehead atoms. The number of nitro benzene ring substituents is 2. The standard InChI is InChI=1S/C9H8FNO4.C9H9NO5/c1-5-6(10)3-4-7(11(13)14)8(5)9(12)15-2;1-5-7(11)4-3-6(10(13)14)8(5)9(12)15-2/h3-4H,1-2H3;3-4,11H,1-2H3. The van der Waals surface area contributed by atoms with Gasteiger partial charge in [0, 0.05) is 23.3 Å². The van der Waals surface area contributed by atoms with E-state index in [2.05, 4.69) is 9.47 Å². The number of ether oxygens (including phenoxy) is 2. The first-order valence-corrected chi connectivity index (χ1v) is 8.04. The van der Waals surface area contributed by atoms with Gasteiger partial charge in [-0.05, 0) is 26.0 Å². The summed E-state index contributed by atoms with van der Waals surface area (Å²) in [6.45, 7) is 2.70. The Morgan fingerprint density at radius 1 is 0.867 bits per heavy atom. The van der Waals surface area contributed by atoms with Crippen LogP contribution in [0.5, 0.6) is 5.75 Å². The highest BCUT2D eigenvalue weighted by Gasteiger charge is 2.26. The number of carbonyl (C=O) groups excluding carboxylic acids is 2. The number of carbonyl (C=O) groups is 2. The van der Waals surface area contributed by atoms with Crippen LogP contribution in [-0.2, 0) is 9.47 Å². The van der Waals surface area contributed by atoms with Crippen molar-refractivity contribution in [3.8, 4) is 5.75 Å². The average molecular weight is 424 g/mol. The monoisotopic (exact) mass is 424 g/mol. The highest BCUT2D eigenvalue weighted by molar-refractivity contribution is 5.96. The molecule has 0 aliphatic heterocycles. The van der Waals surface area contributed by atoms with E-state index in [0.717, 1.165) is 32.4 Å². The van der Waals surface area contributed by atoms with Gasteiger partial charge in [0.05, 0.1) is 24.1 Å². The number of aromatic hydroxyl groups is 1. The van der Waals surface area contributed by atoms with E-state index in [-0.39, 0.29) is 33.7 Å². The van der Waals surface area contributed by atoms with Crippen molar-refractivity contribution < 1.29 is 38.4 Å². The number of rotatable bonds is 4. The predicted octanol–water partition coefficient (Wildman–Crippen LogP) is 3.22. The van der Waals surface area contributed by atoms with Crippen molar-refractivity contribution >= 4 is 23.3 Å². The van der Waals surface area contributed by atoms with Gasteiger partial charge < -0.3 is 14.6 Å². The zero-order chi connectivity index (χ0) is 23.2. The summed E-state index contributed by atoms with van der Waals surface area (Å²) < 4.78 is 21.9. The largest absolute Gasteiger partial charge is 0.508 e. The van der Waals surface area contributed by atoms with Gasteiger partial charge in [-0.25, -0.2) is 14.0 Å². The Labute approximate surface area is 168 Å². The van der Waals surface area contributed by atoms with Gasteiger partial charge in [0.15, 0.2) is 0 Å². The molecule has 1 N–H and O–H groups in total. The lowest BCUT2D eigenvalue weighted by Crippen LogP contribution is -2.09. The number of methoxy groups -OCH3 is 2. The van der Waals surface area contributed by atoms with Crippen LogP contribution in [-0.4, -0.2) is 41.1 Å². The number of phenols is 1. The van der Waals surface area contributed by atoms with E-state index in [1.54, 1.807) is 0 Å². The van der Waals surface area contributed by atoms with Gasteiger partial charge in [-0.15, -0.1) is 0 Å². The molecule has 0 saturated carbocycles. The second-order valence-corrected chi connectivity index (χ2v) is 5.67. The topological polar surface area (TPSA) is 159 Å². The van der Waals surface area contributed by atoms with Crippen molar-refractivity contribution in [1.29, 1.82) is 0 Å². The Bertz CT molecular complexity index is 940. The van der Waals surface area contributed by atoms with E-state index < -0.39 is 33.3 Å². The zero-order valence-electron chi connectivity index (χ0n) is 16.3. The quantitative estimate of drug-likeness (QED) is 0.441. The van der Waals surface area contributed by atoms with Crippen molar-refractivity contribution in [2.75, 3.05) is 14.2 Å². The SMILES string of the molecule is COC(=O)c1c([N+](=O)[O-])ccc(F)c1C.COC(=O)c1c([N+](=O)[O-])ccc(O)c1C. The lowest BCUT2D eigenvalue weighted by Gasteiger charge is -2.05. The number of nitro groups is 2. The fourth-order valence-corrected chi connectivity index (χ4v) is 2.38. The molecule has 0 amide bonds. The van der Waals surface area contributed by atoms with Crippen LogP contribution in [0.3, 0.4) is 0 Å². The Morgan fingerprint density at radius 2 is 1.27 bits per heavy atom. The summed E-state index contributed by atoms with van der Waals surface area (Å²) in [6, 6.07) is 4.11. The first kappa shape index (κ1) is 23.9. The van der Waals surface area contributed by atoms with E-state index in [9.17, 15) is 39.3 Å². The van der Waals surface area contributed by atoms with Crippen LogP contribution in [0, 0.1) is 39.9 Å². The zero-order valence-corrected chi connectivity index (χ0v) is 16.3. The molecule has 0 aliphatic carbocycles. The third kappa shape index (κ3) is 5.04. The van der Waals surface area contributed by atoms with Gasteiger partial charge in [0.2, 0.25) is 0 Å². The van der Waals surface area contributed by atoms with Crippen molar-refractivity contribution in [2.24, 2.45) is 0 Å². The van der Waals surface area contributed by atoms with Crippen LogP contribution in [0.25, 0.3) is 0 Å². The lowest BCUT2D eigenvalue weighted by atomic mass is 10.1. The minimum Gasteiger partial charge on any atom is -0.508 e. The van der Waals surface area contributed by atoms with Crippen molar-refractivity contribution in [3.05, 3.63) is 72.6 Å². The molecule has 0 heterocycles. The van der Waals surface area contributed by atoms with Gasteiger partial charge in [-0.1, -0.05) is 0 Å². The van der Waals surface area contributed by atoms with Crippen LogP contribution < -0.4 is 0 Å². The number of halogens is 1. The summed E-state index contributed by atoms with van der Waals surface area (Å²) in [6.07, 6.45) is 0. The molecule has 2 aromatic rings. The maximum absolute atomic E-state index is 13.1. The Balaban J connectivity index is 0.000000300. The summed E-state index contributed by atoms with van der Waals surface area (Å²) in [7, 11) is 2.20. The molecule has 0 atom stereocenters. The molecule has 11 nitrogen and oxygen atoms in total. The summed E-state index contributed by atoms with van der Waals surface area (Å²) in [5.74, 6) is -2.62. The second kappa shape index (κ2) is 9.91. The van der Waals surface area contributed by atoms with Crippen LogP contribution >= 0.6 is 0 Å². The third-order valence-electron chi connectivity index (χ3n) is 3.96. The minimum atomic E-state index is -0.918. The molecular formula is C18H17FN2O9. The summed E-state index contributed by atoms with van der Waals surface area (Å²) >= 11 is 0. The maximum atomic E-state index is 13.1. The van der Waals surface area contributed by atoms with E-state index in [1.807, 2.05) is 0 Å². The molecule has 12 heteroatoms. The lowest BCUT2D eigenvalue weighted by molar-refractivity contribution is -0.385. The van der Waals surface area contributed by atoms with E-state index >= 15 is 0 Å². The number of hydrogen-bond acceptors (Lipinski definition) is 9. The van der Waals surface area contributed by atoms with E-state index in [0.29, 0.717) is 0 Å². The van der Waals surface area contributed by atoms with Crippen molar-refractivity contribution in [3.63, 3.8) is 0 Å². The molecule has 0 fully saturated rings. The third-order valence-corrected chi connectivity index (χ3v) is 3.96. The molecule has 0 saturated heterocycles. The molecule has 0 unspecified atom stereocenters. The first-order chi connectivity index (χ1) is 14.0. The highest BCUT2D eigenvalue weighted by Crippen LogP contribution is 2.29. The first-order valence-electron chi connectivity index (χ1n) is 8.04. The van der Waals surface area contributed by atoms with E-state index in [1.165, 1.54) is 19.9 Å². The number of nitrogens with zero attached hydrogens (tertiary/aromatic N) is 2. The number of esters is 2. The van der Waals surface area contributed by atoms with Crippen LogP contribution in [0.1, 0.15) is 31.8 Å². The molecule has 30 heavy (non-hydrogen) atoms. The molecule has 2 aromatic carbocycles. The Kier molecular flexibility index (Phi) is 7.91. The molecule has 0 spiro atoms. The van der Waals surface area contributed by atoms with Gasteiger partial charge in [-0.3, -0.25) is 20.2 Å². The summed E-state index contributed by atoms with van der Waals surface area (Å²) in [5, 5.41) is 30.5. The fraction of sp³-hybridized carbons (Fsp3) is 0.222. The smallest absolute Gasteiger partial charge is 0.345 e. The molecule has 0 radical (unpaired) electrons. The number of phenolic OH excluding ortho intramolecular Hbond substituents is 1. The highest BCUT2D eigenvalue weighted by atomic mass is 19.1. The number of hydrogen-bond donors (Lipinski definition) is 1. The van der Waals surface area contributed by atoms with Gasteiger partial charge in [0.25, 0.3) is 11.4 Å². The van der Waals surface area contributed by atoms with Crippen molar-refractivity contribution in [1.82, 2.24) is 0 Å². The van der Waals surface area contributed by atoms with Crippen LogP contribution in [0.2, 0.25) is 0 Å².